The summed E-state index contributed by atoms with van der Waals surface area (Å²) in [5, 5.41) is 6.39. The minimum Gasteiger partial charge on any atom is -0.497 e. The molecule has 0 bridgehead atoms. The predicted molar refractivity (Wildman–Crippen MR) is 111 cm³/mol. The summed E-state index contributed by atoms with van der Waals surface area (Å²) in [6.07, 6.45) is 0. The second-order valence-electron chi connectivity index (χ2n) is 5.60. The molecule has 0 amide bonds. The Labute approximate surface area is 164 Å². The number of hydrogen-bond donors (Lipinski definition) is 3. The third-order valence-corrected chi connectivity index (χ3v) is 3.84. The molecular formula is C19H22ClN5O2. The lowest BCUT2D eigenvalue weighted by Crippen LogP contribution is -2.07. The van der Waals surface area contributed by atoms with Gasteiger partial charge in [-0.05, 0) is 55.5 Å². The molecule has 0 atom stereocenters. The molecule has 1 aromatic heterocycles. The van der Waals surface area contributed by atoms with Crippen LogP contribution < -0.4 is 25.8 Å². The molecule has 0 unspecified atom stereocenters. The van der Waals surface area contributed by atoms with Gasteiger partial charge >= 0.3 is 0 Å². The number of aromatic nitrogens is 2. The third-order valence-electron chi connectivity index (χ3n) is 3.84. The topological polar surface area (TPSA) is 94.3 Å². The Morgan fingerprint density at radius 1 is 0.778 bits per heavy atom. The SMILES string of the molecule is COc1ccc(Nc2nc(C)c(N)c(Nc3ccc(OC)cc3)n2)cc1.Cl. The van der Waals surface area contributed by atoms with E-state index in [4.69, 9.17) is 15.2 Å². The van der Waals surface area contributed by atoms with Gasteiger partial charge in [-0.1, -0.05) is 0 Å². The summed E-state index contributed by atoms with van der Waals surface area (Å²) >= 11 is 0. The fraction of sp³-hybridized carbons (Fsp3) is 0.158. The van der Waals surface area contributed by atoms with E-state index >= 15 is 0 Å². The Balaban J connectivity index is 0.00000261. The summed E-state index contributed by atoms with van der Waals surface area (Å²) in [7, 11) is 3.26. The first-order chi connectivity index (χ1) is 12.6. The van der Waals surface area contributed by atoms with Crippen molar-refractivity contribution in [1.82, 2.24) is 9.97 Å². The predicted octanol–water partition coefficient (Wildman–Crippen LogP) is 4.29. The van der Waals surface area contributed by atoms with Gasteiger partial charge in [0.2, 0.25) is 5.95 Å². The Morgan fingerprint density at radius 2 is 1.26 bits per heavy atom. The van der Waals surface area contributed by atoms with Crippen molar-refractivity contribution in [2.45, 2.75) is 6.92 Å². The lowest BCUT2D eigenvalue weighted by Gasteiger charge is -2.13. The van der Waals surface area contributed by atoms with Gasteiger partial charge in [0.15, 0.2) is 5.82 Å². The smallest absolute Gasteiger partial charge is 0.229 e. The van der Waals surface area contributed by atoms with Gasteiger partial charge in [0.05, 0.1) is 25.6 Å². The van der Waals surface area contributed by atoms with Crippen LogP contribution in [0.15, 0.2) is 48.5 Å². The van der Waals surface area contributed by atoms with Gasteiger partial charge in [0, 0.05) is 11.4 Å². The fourth-order valence-electron chi connectivity index (χ4n) is 2.35. The normalized spacial score (nSPS) is 9.89. The molecule has 0 aliphatic rings. The highest BCUT2D eigenvalue weighted by Gasteiger charge is 2.10. The van der Waals surface area contributed by atoms with Crippen LogP contribution in [0, 0.1) is 6.92 Å². The summed E-state index contributed by atoms with van der Waals surface area (Å²) < 4.78 is 10.3. The van der Waals surface area contributed by atoms with Crippen LogP contribution in [0.25, 0.3) is 0 Å². The zero-order valence-corrected chi connectivity index (χ0v) is 16.1. The molecule has 27 heavy (non-hydrogen) atoms. The second kappa shape index (κ2) is 8.95. The molecule has 0 saturated heterocycles. The number of aryl methyl sites for hydroxylation is 1. The molecule has 2 aromatic carbocycles. The highest BCUT2D eigenvalue weighted by atomic mass is 35.5. The zero-order valence-electron chi connectivity index (χ0n) is 15.3. The second-order valence-corrected chi connectivity index (χ2v) is 5.60. The molecular weight excluding hydrogens is 366 g/mol. The number of nitrogens with two attached hydrogens (primary N) is 1. The summed E-state index contributed by atoms with van der Waals surface area (Å²) in [5.74, 6) is 2.56. The van der Waals surface area contributed by atoms with E-state index in [0.29, 0.717) is 23.1 Å². The molecule has 3 rings (SSSR count). The van der Waals surface area contributed by atoms with Crippen LogP contribution >= 0.6 is 12.4 Å². The fourth-order valence-corrected chi connectivity index (χ4v) is 2.35. The third kappa shape index (κ3) is 4.92. The lowest BCUT2D eigenvalue weighted by atomic mass is 10.3. The number of halogens is 1. The molecule has 0 fully saturated rings. The first kappa shape index (κ1) is 20.1. The van der Waals surface area contributed by atoms with Crippen LogP contribution in [0.3, 0.4) is 0 Å². The molecule has 0 saturated carbocycles. The minimum absolute atomic E-state index is 0. The van der Waals surface area contributed by atoms with Crippen LogP contribution in [0.5, 0.6) is 11.5 Å². The molecule has 0 radical (unpaired) electrons. The number of hydrogen-bond acceptors (Lipinski definition) is 7. The van der Waals surface area contributed by atoms with Crippen LogP contribution in [0.2, 0.25) is 0 Å². The average molecular weight is 388 g/mol. The van der Waals surface area contributed by atoms with E-state index in [1.807, 2.05) is 55.5 Å². The Bertz CT molecular complexity index is 886. The van der Waals surface area contributed by atoms with Crippen molar-refractivity contribution in [2.75, 3.05) is 30.6 Å². The number of benzene rings is 2. The molecule has 3 aromatic rings. The van der Waals surface area contributed by atoms with E-state index in [2.05, 4.69) is 20.6 Å². The molecule has 1 heterocycles. The van der Waals surface area contributed by atoms with Gasteiger partial charge in [-0.15, -0.1) is 12.4 Å². The first-order valence-electron chi connectivity index (χ1n) is 8.05. The van der Waals surface area contributed by atoms with Gasteiger partial charge in [-0.25, -0.2) is 4.98 Å². The maximum atomic E-state index is 6.13. The van der Waals surface area contributed by atoms with Gasteiger partial charge in [0.1, 0.15) is 11.5 Å². The molecule has 0 aliphatic carbocycles. The summed E-state index contributed by atoms with van der Waals surface area (Å²) in [6.45, 7) is 1.84. The van der Waals surface area contributed by atoms with Crippen LogP contribution in [-0.2, 0) is 0 Å². The Morgan fingerprint density at radius 3 is 1.74 bits per heavy atom. The monoisotopic (exact) mass is 387 g/mol. The van der Waals surface area contributed by atoms with E-state index in [1.54, 1.807) is 14.2 Å². The molecule has 7 nitrogen and oxygen atoms in total. The van der Waals surface area contributed by atoms with Crippen molar-refractivity contribution in [3.05, 3.63) is 54.2 Å². The molecule has 0 spiro atoms. The molecule has 0 aliphatic heterocycles. The molecule has 142 valence electrons. The molecule has 4 N–H and O–H groups in total. The van der Waals surface area contributed by atoms with Crippen molar-refractivity contribution >= 4 is 41.2 Å². The van der Waals surface area contributed by atoms with Gasteiger partial charge < -0.3 is 25.8 Å². The van der Waals surface area contributed by atoms with Crippen molar-refractivity contribution in [3.8, 4) is 11.5 Å². The lowest BCUT2D eigenvalue weighted by molar-refractivity contribution is 0.415. The van der Waals surface area contributed by atoms with Crippen LogP contribution in [-0.4, -0.2) is 24.2 Å². The highest BCUT2D eigenvalue weighted by Crippen LogP contribution is 2.27. The number of nitrogens with zero attached hydrogens (tertiary/aromatic N) is 2. The number of anilines is 5. The van der Waals surface area contributed by atoms with Gasteiger partial charge in [-0.2, -0.15) is 4.98 Å². The van der Waals surface area contributed by atoms with E-state index in [-0.39, 0.29) is 12.4 Å². The standard InChI is InChI=1S/C19H21N5O2.ClH/c1-12-17(20)18(22-13-4-8-15(25-2)9-5-13)24-19(21-12)23-14-6-10-16(26-3)11-7-14;/h4-11H,20H2,1-3H3,(H2,21,22,23,24);1H. The average Bonchev–Trinajstić information content (AvgIpc) is 2.67. The Kier molecular flexibility index (Phi) is 6.67. The van der Waals surface area contributed by atoms with E-state index in [1.165, 1.54) is 0 Å². The summed E-state index contributed by atoms with van der Waals surface area (Å²) in [5.41, 5.74) is 9.02. The largest absolute Gasteiger partial charge is 0.497 e. The van der Waals surface area contributed by atoms with Gasteiger partial charge in [-0.3, -0.25) is 0 Å². The maximum Gasteiger partial charge on any atom is 0.229 e. The quantitative estimate of drug-likeness (QED) is 0.580. The van der Waals surface area contributed by atoms with Crippen molar-refractivity contribution in [1.29, 1.82) is 0 Å². The zero-order chi connectivity index (χ0) is 18.5. The number of nitrogen functional groups attached to an aromatic ring is 1. The first-order valence-corrected chi connectivity index (χ1v) is 8.05. The Hall–Kier alpha value is -3.19. The van der Waals surface area contributed by atoms with E-state index < -0.39 is 0 Å². The summed E-state index contributed by atoms with van der Waals surface area (Å²) in [6, 6.07) is 15.0. The number of methoxy groups -OCH3 is 2. The van der Waals surface area contributed by atoms with E-state index in [9.17, 15) is 0 Å². The van der Waals surface area contributed by atoms with Crippen LogP contribution in [0.4, 0.5) is 28.8 Å². The van der Waals surface area contributed by atoms with E-state index in [0.717, 1.165) is 22.9 Å². The van der Waals surface area contributed by atoms with Gasteiger partial charge in [0.25, 0.3) is 0 Å². The van der Waals surface area contributed by atoms with Crippen molar-refractivity contribution < 1.29 is 9.47 Å². The number of nitrogens with one attached hydrogen (secondary N) is 2. The highest BCUT2D eigenvalue weighted by molar-refractivity contribution is 5.85. The maximum absolute atomic E-state index is 6.13. The molecule has 8 heteroatoms. The van der Waals surface area contributed by atoms with Crippen molar-refractivity contribution in [3.63, 3.8) is 0 Å². The van der Waals surface area contributed by atoms with Crippen LogP contribution in [0.1, 0.15) is 5.69 Å². The summed E-state index contributed by atoms with van der Waals surface area (Å²) in [4.78, 5) is 8.89. The van der Waals surface area contributed by atoms with Crippen molar-refractivity contribution in [2.24, 2.45) is 0 Å². The number of rotatable bonds is 6. The number of ether oxygens (including phenoxy) is 2. The minimum atomic E-state index is 0.